The van der Waals surface area contributed by atoms with E-state index in [1.165, 1.54) is 0 Å². The minimum Gasteiger partial charge on any atom is -0.456 e. The molecule has 8 heteroatoms. The number of hydrogen-bond acceptors (Lipinski definition) is 6. The minimum atomic E-state index is -0.502. The lowest BCUT2D eigenvalue weighted by Gasteiger charge is -2.07. The Balaban J connectivity index is 1.41. The third-order valence-corrected chi connectivity index (χ3v) is 4.34. The second kappa shape index (κ2) is 9.98. The van der Waals surface area contributed by atoms with Gasteiger partial charge in [0.1, 0.15) is 5.82 Å². The molecule has 0 aliphatic carbocycles. The Hall–Kier alpha value is -3.99. The van der Waals surface area contributed by atoms with Crippen LogP contribution >= 0.6 is 0 Å². The standard InChI is InChI=1S/C22H20N4O4/c23-13-12-15-8-10-16(11-9-15)24-20(27)14-30-21(28)7-3-6-19-25-18-5-2-1-4-17(18)22(29)26-19/h1-2,4-5,8-11H,3,6-7,12,14H2,(H,24,27)(H,25,26,29). The zero-order valence-corrected chi connectivity index (χ0v) is 16.2. The summed E-state index contributed by atoms with van der Waals surface area (Å²) < 4.78 is 4.98. The average molecular weight is 404 g/mol. The molecule has 0 fully saturated rings. The van der Waals surface area contributed by atoms with E-state index < -0.39 is 11.9 Å². The fourth-order valence-corrected chi connectivity index (χ4v) is 2.87. The number of nitriles is 1. The molecule has 0 unspecified atom stereocenters. The van der Waals surface area contributed by atoms with Gasteiger partial charge in [0, 0.05) is 18.5 Å². The number of fused-ring (bicyclic) bond motifs is 1. The van der Waals surface area contributed by atoms with Crippen LogP contribution in [0.25, 0.3) is 10.9 Å². The first-order valence-corrected chi connectivity index (χ1v) is 9.44. The van der Waals surface area contributed by atoms with E-state index in [9.17, 15) is 14.4 Å². The second-order valence-corrected chi connectivity index (χ2v) is 6.62. The summed E-state index contributed by atoms with van der Waals surface area (Å²) in [5.74, 6) is -0.446. The van der Waals surface area contributed by atoms with Gasteiger partial charge in [-0.15, -0.1) is 0 Å². The van der Waals surface area contributed by atoms with E-state index in [2.05, 4.69) is 15.3 Å². The van der Waals surface area contributed by atoms with Crippen molar-refractivity contribution < 1.29 is 14.3 Å². The normalized spacial score (nSPS) is 10.4. The van der Waals surface area contributed by atoms with Crippen LogP contribution in [0.5, 0.6) is 0 Å². The molecule has 2 aromatic carbocycles. The van der Waals surface area contributed by atoms with Crippen molar-refractivity contribution in [2.45, 2.75) is 25.7 Å². The van der Waals surface area contributed by atoms with E-state index in [0.717, 1.165) is 5.56 Å². The van der Waals surface area contributed by atoms with Gasteiger partial charge in [-0.2, -0.15) is 5.26 Å². The Bertz CT molecular complexity index is 1150. The van der Waals surface area contributed by atoms with Gasteiger partial charge in [-0.05, 0) is 36.2 Å². The fourth-order valence-electron chi connectivity index (χ4n) is 2.87. The van der Waals surface area contributed by atoms with Gasteiger partial charge in [0.2, 0.25) is 0 Å². The molecule has 0 aliphatic rings. The average Bonchev–Trinajstić information content (AvgIpc) is 2.74. The Morgan fingerprint density at radius 3 is 2.67 bits per heavy atom. The van der Waals surface area contributed by atoms with Crippen LogP contribution in [-0.4, -0.2) is 28.5 Å². The van der Waals surface area contributed by atoms with E-state index >= 15 is 0 Å². The molecular formula is C22H20N4O4. The van der Waals surface area contributed by atoms with Crippen LogP contribution in [0.1, 0.15) is 24.2 Å². The number of aryl methyl sites for hydroxylation is 1. The van der Waals surface area contributed by atoms with E-state index in [1.54, 1.807) is 42.5 Å². The molecule has 152 valence electrons. The first-order chi connectivity index (χ1) is 14.5. The smallest absolute Gasteiger partial charge is 0.306 e. The first-order valence-electron chi connectivity index (χ1n) is 9.44. The zero-order valence-electron chi connectivity index (χ0n) is 16.2. The topological polar surface area (TPSA) is 125 Å². The van der Waals surface area contributed by atoms with Gasteiger partial charge < -0.3 is 15.0 Å². The van der Waals surface area contributed by atoms with Crippen molar-refractivity contribution in [3.05, 3.63) is 70.3 Å². The summed E-state index contributed by atoms with van der Waals surface area (Å²) in [6.07, 6.45) is 1.25. The summed E-state index contributed by atoms with van der Waals surface area (Å²) in [4.78, 5) is 42.9. The lowest BCUT2D eigenvalue weighted by molar-refractivity contribution is -0.147. The number of benzene rings is 2. The predicted octanol–water partition coefficient (Wildman–Crippen LogP) is 2.49. The second-order valence-electron chi connectivity index (χ2n) is 6.62. The molecule has 30 heavy (non-hydrogen) atoms. The van der Waals surface area contributed by atoms with E-state index in [4.69, 9.17) is 10.00 Å². The van der Waals surface area contributed by atoms with Gasteiger partial charge in [0.15, 0.2) is 6.61 Å². The van der Waals surface area contributed by atoms with Gasteiger partial charge in [-0.1, -0.05) is 24.3 Å². The van der Waals surface area contributed by atoms with E-state index in [1.807, 2.05) is 12.1 Å². The van der Waals surface area contributed by atoms with Gasteiger partial charge in [-0.25, -0.2) is 4.98 Å². The summed E-state index contributed by atoms with van der Waals surface area (Å²) in [6, 6.07) is 16.0. The van der Waals surface area contributed by atoms with Crippen LogP contribution in [0.15, 0.2) is 53.3 Å². The number of ether oxygens (including phenoxy) is 1. The van der Waals surface area contributed by atoms with E-state index in [-0.39, 0.29) is 18.6 Å². The highest BCUT2D eigenvalue weighted by molar-refractivity contribution is 5.92. The summed E-state index contributed by atoms with van der Waals surface area (Å²) in [5.41, 5.74) is 1.81. The summed E-state index contributed by atoms with van der Waals surface area (Å²) in [7, 11) is 0. The van der Waals surface area contributed by atoms with Crippen LogP contribution < -0.4 is 10.9 Å². The number of hydrogen-bond donors (Lipinski definition) is 2. The monoisotopic (exact) mass is 404 g/mol. The predicted molar refractivity (Wildman–Crippen MR) is 111 cm³/mol. The summed E-state index contributed by atoms with van der Waals surface area (Å²) in [5, 5.41) is 11.8. The van der Waals surface area contributed by atoms with Crippen LogP contribution in [0, 0.1) is 11.3 Å². The Labute approximate surface area is 172 Å². The molecule has 0 saturated heterocycles. The molecule has 0 saturated carbocycles. The third-order valence-electron chi connectivity index (χ3n) is 4.34. The van der Waals surface area contributed by atoms with Crippen molar-refractivity contribution in [1.29, 1.82) is 5.26 Å². The first kappa shape index (κ1) is 20.7. The number of rotatable bonds is 8. The highest BCUT2D eigenvalue weighted by Gasteiger charge is 2.09. The highest BCUT2D eigenvalue weighted by Crippen LogP contribution is 2.10. The fraction of sp³-hybridized carbons (Fsp3) is 0.227. The summed E-state index contributed by atoms with van der Waals surface area (Å²) in [6.45, 7) is -0.385. The zero-order chi connectivity index (χ0) is 21.3. The third kappa shape index (κ3) is 5.75. The summed E-state index contributed by atoms with van der Waals surface area (Å²) >= 11 is 0. The molecule has 0 atom stereocenters. The number of nitrogens with zero attached hydrogens (tertiary/aromatic N) is 2. The van der Waals surface area contributed by atoms with Crippen LogP contribution in [0.4, 0.5) is 5.69 Å². The number of amides is 1. The SMILES string of the molecule is N#CCc1ccc(NC(=O)COC(=O)CCCc2nc3ccccc3c(=O)[nH]2)cc1. The number of nitrogens with one attached hydrogen (secondary N) is 2. The van der Waals surface area contributed by atoms with Gasteiger partial charge in [-0.3, -0.25) is 14.4 Å². The molecule has 3 rings (SSSR count). The lowest BCUT2D eigenvalue weighted by atomic mass is 10.1. The van der Waals surface area contributed by atoms with Crippen LogP contribution in [0.2, 0.25) is 0 Å². The van der Waals surface area contributed by atoms with E-state index in [0.29, 0.717) is 41.7 Å². The van der Waals surface area contributed by atoms with Crippen LogP contribution in [-0.2, 0) is 27.2 Å². The van der Waals surface area contributed by atoms with Crippen molar-refractivity contribution in [2.75, 3.05) is 11.9 Å². The highest BCUT2D eigenvalue weighted by atomic mass is 16.5. The Morgan fingerprint density at radius 2 is 1.90 bits per heavy atom. The maximum atomic E-state index is 12.0. The van der Waals surface area contributed by atoms with Crippen molar-refractivity contribution in [3.8, 4) is 6.07 Å². The van der Waals surface area contributed by atoms with Crippen molar-refractivity contribution in [1.82, 2.24) is 9.97 Å². The van der Waals surface area contributed by atoms with Crippen LogP contribution in [0.3, 0.4) is 0 Å². The number of H-pyrrole nitrogens is 1. The van der Waals surface area contributed by atoms with Gasteiger partial charge in [0.25, 0.3) is 11.5 Å². The number of carbonyl (C=O) groups is 2. The molecule has 0 radical (unpaired) electrons. The maximum Gasteiger partial charge on any atom is 0.306 e. The largest absolute Gasteiger partial charge is 0.456 e. The molecule has 1 aromatic heterocycles. The number of carbonyl (C=O) groups excluding carboxylic acids is 2. The van der Waals surface area contributed by atoms with Gasteiger partial charge in [0.05, 0.1) is 23.4 Å². The number of para-hydroxylation sites is 1. The molecule has 0 bridgehead atoms. The molecule has 0 spiro atoms. The Kier molecular flexibility index (Phi) is 6.90. The molecule has 3 aromatic rings. The van der Waals surface area contributed by atoms with Crippen molar-refractivity contribution in [3.63, 3.8) is 0 Å². The lowest BCUT2D eigenvalue weighted by Crippen LogP contribution is -2.21. The number of aromatic nitrogens is 2. The Morgan fingerprint density at radius 1 is 1.13 bits per heavy atom. The maximum absolute atomic E-state index is 12.0. The molecular weight excluding hydrogens is 384 g/mol. The molecule has 1 heterocycles. The molecule has 2 N–H and O–H groups in total. The molecule has 0 aliphatic heterocycles. The number of anilines is 1. The van der Waals surface area contributed by atoms with Gasteiger partial charge >= 0.3 is 5.97 Å². The number of aromatic amines is 1. The molecule has 8 nitrogen and oxygen atoms in total. The molecule has 1 amide bonds. The van der Waals surface area contributed by atoms with Crippen molar-refractivity contribution >= 4 is 28.5 Å². The number of esters is 1. The minimum absolute atomic E-state index is 0.104. The quantitative estimate of drug-likeness (QED) is 0.556. The van der Waals surface area contributed by atoms with Crippen molar-refractivity contribution in [2.24, 2.45) is 0 Å².